The summed E-state index contributed by atoms with van der Waals surface area (Å²) in [5.74, 6) is 0. The molecular weight excluding hydrogens is 360 g/mol. The number of hydrogen-bond donors (Lipinski definition) is 1. The summed E-state index contributed by atoms with van der Waals surface area (Å²) in [6, 6.07) is 17.3. The van der Waals surface area contributed by atoms with Crippen LogP contribution >= 0.6 is 0 Å². The average molecular weight is 393 g/mol. The summed E-state index contributed by atoms with van der Waals surface area (Å²) in [5.41, 5.74) is 4.95. The van der Waals surface area contributed by atoms with Crippen LogP contribution in [0, 0.1) is 6.92 Å². The summed E-state index contributed by atoms with van der Waals surface area (Å²) in [5, 5.41) is 3.06. The van der Waals surface area contributed by atoms with Crippen molar-refractivity contribution in [1.82, 2.24) is 10.2 Å². The molecule has 2 aromatic carbocycles. The van der Waals surface area contributed by atoms with Crippen molar-refractivity contribution in [2.75, 3.05) is 49.1 Å². The molecule has 29 heavy (non-hydrogen) atoms. The summed E-state index contributed by atoms with van der Waals surface area (Å²) >= 11 is 0. The number of rotatable bonds is 4. The number of nitrogens with one attached hydrogen (secondary N) is 1. The molecule has 2 fully saturated rings. The molecule has 0 aromatic heterocycles. The SMILES string of the molecule is Cc1cccc(CNC(=O)N2CCN(c3ccc(N4CCCCC4)cc3)CC2)c1. The van der Waals surface area contributed by atoms with E-state index in [-0.39, 0.29) is 6.03 Å². The van der Waals surface area contributed by atoms with Crippen molar-refractivity contribution in [2.24, 2.45) is 0 Å². The zero-order chi connectivity index (χ0) is 20.1. The fourth-order valence-electron chi connectivity index (χ4n) is 4.31. The van der Waals surface area contributed by atoms with E-state index in [0.29, 0.717) is 6.54 Å². The lowest BCUT2D eigenvalue weighted by Crippen LogP contribution is -2.51. The fraction of sp³-hybridized carbons (Fsp3) is 0.458. The molecule has 5 nitrogen and oxygen atoms in total. The van der Waals surface area contributed by atoms with Crippen molar-refractivity contribution in [3.8, 4) is 0 Å². The Balaban J connectivity index is 1.26. The molecule has 0 spiro atoms. The Bertz CT molecular complexity index is 806. The highest BCUT2D eigenvalue weighted by molar-refractivity contribution is 5.74. The zero-order valence-electron chi connectivity index (χ0n) is 17.4. The number of hydrogen-bond acceptors (Lipinski definition) is 3. The van der Waals surface area contributed by atoms with Gasteiger partial charge in [0.05, 0.1) is 0 Å². The second-order valence-corrected chi connectivity index (χ2v) is 8.19. The van der Waals surface area contributed by atoms with Gasteiger partial charge in [0, 0.05) is 57.2 Å². The van der Waals surface area contributed by atoms with Gasteiger partial charge in [-0.1, -0.05) is 29.8 Å². The number of anilines is 2. The molecule has 0 atom stereocenters. The Kier molecular flexibility index (Phi) is 6.23. The van der Waals surface area contributed by atoms with Crippen molar-refractivity contribution in [2.45, 2.75) is 32.7 Å². The van der Waals surface area contributed by atoms with Gasteiger partial charge in [0.25, 0.3) is 0 Å². The first kappa shape index (κ1) is 19.6. The lowest BCUT2D eigenvalue weighted by atomic mass is 10.1. The summed E-state index contributed by atoms with van der Waals surface area (Å²) in [6.07, 6.45) is 3.96. The number of piperidine rings is 1. The van der Waals surface area contributed by atoms with E-state index >= 15 is 0 Å². The second kappa shape index (κ2) is 9.21. The van der Waals surface area contributed by atoms with Crippen LogP contribution in [0.15, 0.2) is 48.5 Å². The van der Waals surface area contributed by atoms with Crippen LogP contribution in [0.2, 0.25) is 0 Å². The van der Waals surface area contributed by atoms with Crippen LogP contribution in [-0.4, -0.2) is 50.2 Å². The molecule has 4 rings (SSSR count). The molecule has 2 saturated heterocycles. The predicted octanol–water partition coefficient (Wildman–Crippen LogP) is 4.02. The summed E-state index contributed by atoms with van der Waals surface area (Å²) in [7, 11) is 0. The van der Waals surface area contributed by atoms with Crippen LogP contribution in [0.4, 0.5) is 16.2 Å². The highest BCUT2D eigenvalue weighted by atomic mass is 16.2. The predicted molar refractivity (Wildman–Crippen MR) is 120 cm³/mol. The molecule has 2 aliphatic rings. The molecule has 0 bridgehead atoms. The fourth-order valence-corrected chi connectivity index (χ4v) is 4.31. The minimum Gasteiger partial charge on any atom is -0.372 e. The van der Waals surface area contributed by atoms with Gasteiger partial charge >= 0.3 is 6.03 Å². The minimum atomic E-state index is 0.0339. The quantitative estimate of drug-likeness (QED) is 0.854. The first-order valence-corrected chi connectivity index (χ1v) is 10.9. The number of aryl methyl sites for hydroxylation is 1. The van der Waals surface area contributed by atoms with Crippen molar-refractivity contribution in [1.29, 1.82) is 0 Å². The third-order valence-corrected chi connectivity index (χ3v) is 6.03. The van der Waals surface area contributed by atoms with Gasteiger partial charge in [-0.25, -0.2) is 4.79 Å². The molecular formula is C24H32N4O. The lowest BCUT2D eigenvalue weighted by Gasteiger charge is -2.36. The van der Waals surface area contributed by atoms with E-state index in [1.807, 2.05) is 11.0 Å². The number of piperazine rings is 1. The Morgan fingerprint density at radius 1 is 0.828 bits per heavy atom. The van der Waals surface area contributed by atoms with Crippen LogP contribution in [0.3, 0.4) is 0 Å². The van der Waals surface area contributed by atoms with Gasteiger partial charge in [-0.2, -0.15) is 0 Å². The van der Waals surface area contributed by atoms with E-state index < -0.39 is 0 Å². The molecule has 0 unspecified atom stereocenters. The van der Waals surface area contributed by atoms with Crippen LogP contribution in [-0.2, 0) is 6.54 Å². The highest BCUT2D eigenvalue weighted by Gasteiger charge is 2.21. The molecule has 0 saturated carbocycles. The van der Waals surface area contributed by atoms with E-state index in [1.54, 1.807) is 0 Å². The maximum atomic E-state index is 12.5. The van der Waals surface area contributed by atoms with Crippen molar-refractivity contribution >= 4 is 17.4 Å². The van der Waals surface area contributed by atoms with Crippen molar-refractivity contribution < 1.29 is 4.79 Å². The van der Waals surface area contributed by atoms with Crippen LogP contribution in [0.5, 0.6) is 0 Å². The maximum Gasteiger partial charge on any atom is 0.317 e. The van der Waals surface area contributed by atoms with Crippen molar-refractivity contribution in [3.63, 3.8) is 0 Å². The van der Waals surface area contributed by atoms with E-state index in [0.717, 1.165) is 31.7 Å². The molecule has 5 heteroatoms. The summed E-state index contributed by atoms with van der Waals surface area (Å²) < 4.78 is 0. The first-order chi connectivity index (χ1) is 14.2. The highest BCUT2D eigenvalue weighted by Crippen LogP contribution is 2.24. The summed E-state index contributed by atoms with van der Waals surface area (Å²) in [4.78, 5) is 19.3. The van der Waals surface area contributed by atoms with Gasteiger partial charge in [0.1, 0.15) is 0 Å². The molecule has 154 valence electrons. The maximum absolute atomic E-state index is 12.5. The Morgan fingerprint density at radius 2 is 1.45 bits per heavy atom. The smallest absolute Gasteiger partial charge is 0.317 e. The number of nitrogens with zero attached hydrogens (tertiary/aromatic N) is 3. The average Bonchev–Trinajstić information content (AvgIpc) is 2.78. The van der Waals surface area contributed by atoms with Gasteiger partial charge in [0.15, 0.2) is 0 Å². The number of carbonyl (C=O) groups excluding carboxylic acids is 1. The number of amides is 2. The minimum absolute atomic E-state index is 0.0339. The van der Waals surface area contributed by atoms with Crippen LogP contribution in [0.1, 0.15) is 30.4 Å². The lowest BCUT2D eigenvalue weighted by molar-refractivity contribution is 0.194. The monoisotopic (exact) mass is 392 g/mol. The molecule has 1 N–H and O–H groups in total. The molecule has 2 amide bonds. The molecule has 2 heterocycles. The Morgan fingerprint density at radius 3 is 2.07 bits per heavy atom. The summed E-state index contributed by atoms with van der Waals surface area (Å²) in [6.45, 7) is 8.27. The van der Waals surface area contributed by atoms with Crippen LogP contribution in [0.25, 0.3) is 0 Å². The molecule has 2 aromatic rings. The van der Waals surface area contributed by atoms with Gasteiger partial charge in [-0.15, -0.1) is 0 Å². The standard InChI is InChI=1S/C24H32N4O/c1-20-6-5-7-21(18-20)19-25-24(29)28-16-14-27(15-17-28)23-10-8-22(9-11-23)26-12-3-2-4-13-26/h5-11,18H,2-4,12-17,19H2,1H3,(H,25,29). The second-order valence-electron chi connectivity index (χ2n) is 8.19. The van der Waals surface area contributed by atoms with Gasteiger partial charge in [0.2, 0.25) is 0 Å². The molecule has 2 aliphatic heterocycles. The van der Waals surface area contributed by atoms with Gasteiger partial charge in [-0.05, 0) is 56.0 Å². The van der Waals surface area contributed by atoms with E-state index in [4.69, 9.17) is 0 Å². The normalized spacial score (nSPS) is 17.3. The van der Waals surface area contributed by atoms with Gasteiger partial charge < -0.3 is 20.0 Å². The molecule has 0 aliphatic carbocycles. The number of benzene rings is 2. The van der Waals surface area contributed by atoms with Crippen LogP contribution < -0.4 is 15.1 Å². The Hall–Kier alpha value is -2.69. The topological polar surface area (TPSA) is 38.8 Å². The van der Waals surface area contributed by atoms with Gasteiger partial charge in [-0.3, -0.25) is 0 Å². The third kappa shape index (κ3) is 5.03. The largest absolute Gasteiger partial charge is 0.372 e. The third-order valence-electron chi connectivity index (χ3n) is 6.03. The number of carbonyl (C=O) groups is 1. The van der Waals surface area contributed by atoms with E-state index in [9.17, 15) is 4.79 Å². The number of urea groups is 1. The van der Waals surface area contributed by atoms with E-state index in [1.165, 1.54) is 49.3 Å². The van der Waals surface area contributed by atoms with Crippen molar-refractivity contribution in [3.05, 3.63) is 59.7 Å². The molecule has 0 radical (unpaired) electrons. The zero-order valence-corrected chi connectivity index (χ0v) is 17.4. The Labute approximate surface area is 174 Å². The van der Waals surface area contributed by atoms with E-state index in [2.05, 4.69) is 64.5 Å². The first-order valence-electron chi connectivity index (χ1n) is 10.9.